The highest BCUT2D eigenvalue weighted by molar-refractivity contribution is 5.96. The van der Waals surface area contributed by atoms with E-state index < -0.39 is 0 Å². The van der Waals surface area contributed by atoms with E-state index in [0.717, 1.165) is 22.5 Å². The molecule has 0 atom stereocenters. The molecule has 4 aromatic rings. The van der Waals surface area contributed by atoms with Crippen LogP contribution in [0.3, 0.4) is 0 Å². The van der Waals surface area contributed by atoms with E-state index in [9.17, 15) is 5.11 Å². The maximum Gasteiger partial charge on any atom is 0.119 e. The Bertz CT molecular complexity index is 947. The molecular weight excluding hydrogens is 284 g/mol. The third-order valence-electron chi connectivity index (χ3n) is 4.13. The minimum atomic E-state index is 0.298. The van der Waals surface area contributed by atoms with E-state index in [2.05, 4.69) is 30.3 Å². The fraction of sp³-hybridized carbons (Fsp3) is 0.0476. The molecule has 1 heterocycles. The number of aromatic hydroxyl groups is 1. The van der Waals surface area contributed by atoms with Crippen molar-refractivity contribution >= 4 is 10.8 Å². The van der Waals surface area contributed by atoms with Gasteiger partial charge in [-0.15, -0.1) is 0 Å². The summed E-state index contributed by atoms with van der Waals surface area (Å²) in [5.41, 5.74) is 3.01. The highest BCUT2D eigenvalue weighted by Gasteiger charge is 2.09. The number of fused-ring (bicyclic) bond motifs is 1. The van der Waals surface area contributed by atoms with Crippen molar-refractivity contribution in [3.8, 4) is 16.9 Å². The fourth-order valence-electron chi connectivity index (χ4n) is 2.96. The molecular formula is C21H16O2. The van der Waals surface area contributed by atoms with Gasteiger partial charge < -0.3 is 9.52 Å². The van der Waals surface area contributed by atoms with Gasteiger partial charge in [-0.25, -0.2) is 0 Å². The van der Waals surface area contributed by atoms with E-state index in [4.69, 9.17) is 4.42 Å². The molecule has 0 saturated carbocycles. The Morgan fingerprint density at radius 1 is 0.826 bits per heavy atom. The maximum atomic E-state index is 10.4. The third kappa shape index (κ3) is 2.59. The first kappa shape index (κ1) is 13.6. The molecule has 0 aliphatic carbocycles. The zero-order valence-electron chi connectivity index (χ0n) is 12.6. The predicted octanol–water partition coefficient (Wildman–Crippen LogP) is 5.40. The Kier molecular flexibility index (Phi) is 3.35. The van der Waals surface area contributed by atoms with Gasteiger partial charge in [0.1, 0.15) is 11.5 Å². The van der Waals surface area contributed by atoms with Gasteiger partial charge in [0.25, 0.3) is 0 Å². The first-order chi connectivity index (χ1) is 11.3. The number of benzene rings is 3. The van der Waals surface area contributed by atoms with Crippen LogP contribution in [0, 0.1) is 0 Å². The first-order valence-corrected chi connectivity index (χ1v) is 7.64. The standard InChI is InChI=1S/C21H16O2/c22-21-14-16(10-11-17(21)13-18-7-4-12-23-18)20-9-3-6-15-5-1-2-8-19(15)20/h1-12,14,22H,13H2. The van der Waals surface area contributed by atoms with Crippen LogP contribution < -0.4 is 0 Å². The molecule has 0 radical (unpaired) electrons. The van der Waals surface area contributed by atoms with Crippen molar-refractivity contribution in [2.24, 2.45) is 0 Å². The van der Waals surface area contributed by atoms with E-state index >= 15 is 0 Å². The van der Waals surface area contributed by atoms with Crippen molar-refractivity contribution in [1.29, 1.82) is 0 Å². The van der Waals surface area contributed by atoms with Crippen LogP contribution in [0.5, 0.6) is 5.75 Å². The summed E-state index contributed by atoms with van der Waals surface area (Å²) < 4.78 is 5.35. The molecule has 112 valence electrons. The number of rotatable bonds is 3. The summed E-state index contributed by atoms with van der Waals surface area (Å²) in [6, 6.07) is 24.2. The van der Waals surface area contributed by atoms with Gasteiger partial charge in [-0.3, -0.25) is 0 Å². The van der Waals surface area contributed by atoms with E-state index in [1.807, 2.05) is 42.5 Å². The molecule has 0 aliphatic heterocycles. The lowest BCUT2D eigenvalue weighted by molar-refractivity contribution is 0.464. The van der Waals surface area contributed by atoms with Crippen molar-refractivity contribution in [2.75, 3.05) is 0 Å². The van der Waals surface area contributed by atoms with Crippen molar-refractivity contribution < 1.29 is 9.52 Å². The summed E-state index contributed by atoms with van der Waals surface area (Å²) >= 11 is 0. The average molecular weight is 300 g/mol. The van der Waals surface area contributed by atoms with Gasteiger partial charge in [0.2, 0.25) is 0 Å². The van der Waals surface area contributed by atoms with E-state index in [0.29, 0.717) is 12.2 Å². The molecule has 0 saturated heterocycles. The van der Waals surface area contributed by atoms with Gasteiger partial charge in [0.05, 0.1) is 6.26 Å². The summed E-state index contributed by atoms with van der Waals surface area (Å²) in [5, 5.41) is 12.8. The highest BCUT2D eigenvalue weighted by atomic mass is 16.3. The van der Waals surface area contributed by atoms with E-state index in [1.165, 1.54) is 10.8 Å². The third-order valence-corrected chi connectivity index (χ3v) is 4.13. The lowest BCUT2D eigenvalue weighted by atomic mass is 9.96. The van der Waals surface area contributed by atoms with Crippen molar-refractivity contribution in [1.82, 2.24) is 0 Å². The van der Waals surface area contributed by atoms with E-state index in [1.54, 1.807) is 6.26 Å². The van der Waals surface area contributed by atoms with Gasteiger partial charge in [-0.1, -0.05) is 54.6 Å². The van der Waals surface area contributed by atoms with Gasteiger partial charge in [-0.2, -0.15) is 0 Å². The van der Waals surface area contributed by atoms with Crippen LogP contribution >= 0.6 is 0 Å². The maximum absolute atomic E-state index is 10.4. The Balaban J connectivity index is 1.76. The number of hydrogen-bond acceptors (Lipinski definition) is 2. The van der Waals surface area contributed by atoms with Crippen molar-refractivity contribution in [3.63, 3.8) is 0 Å². The molecule has 1 aromatic heterocycles. The summed E-state index contributed by atoms with van der Waals surface area (Å²) in [4.78, 5) is 0. The Morgan fingerprint density at radius 2 is 1.70 bits per heavy atom. The molecule has 0 fully saturated rings. The topological polar surface area (TPSA) is 33.4 Å². The van der Waals surface area contributed by atoms with Gasteiger partial charge >= 0.3 is 0 Å². The molecule has 0 spiro atoms. The summed E-state index contributed by atoms with van der Waals surface area (Å²) in [5.74, 6) is 1.14. The Morgan fingerprint density at radius 3 is 2.52 bits per heavy atom. The highest BCUT2D eigenvalue weighted by Crippen LogP contribution is 2.32. The number of furan rings is 1. The van der Waals surface area contributed by atoms with Crippen LogP contribution in [0.15, 0.2) is 83.5 Å². The smallest absolute Gasteiger partial charge is 0.119 e. The lowest BCUT2D eigenvalue weighted by Crippen LogP contribution is -1.88. The minimum Gasteiger partial charge on any atom is -0.508 e. The number of phenols is 1. The summed E-state index contributed by atoms with van der Waals surface area (Å²) in [6.07, 6.45) is 2.24. The van der Waals surface area contributed by atoms with Crippen LogP contribution in [0.25, 0.3) is 21.9 Å². The Hall–Kier alpha value is -3.00. The van der Waals surface area contributed by atoms with E-state index in [-0.39, 0.29) is 0 Å². The van der Waals surface area contributed by atoms with Crippen LogP contribution in [0.2, 0.25) is 0 Å². The monoisotopic (exact) mass is 300 g/mol. The predicted molar refractivity (Wildman–Crippen MR) is 92.6 cm³/mol. The Labute approximate surface area is 134 Å². The van der Waals surface area contributed by atoms with Crippen LogP contribution in [-0.4, -0.2) is 5.11 Å². The van der Waals surface area contributed by atoms with Gasteiger partial charge in [0, 0.05) is 12.0 Å². The first-order valence-electron chi connectivity index (χ1n) is 7.64. The molecule has 1 N–H and O–H groups in total. The average Bonchev–Trinajstić information content (AvgIpc) is 3.09. The second-order valence-corrected chi connectivity index (χ2v) is 5.63. The van der Waals surface area contributed by atoms with Crippen molar-refractivity contribution in [2.45, 2.75) is 6.42 Å². The normalized spacial score (nSPS) is 11.0. The van der Waals surface area contributed by atoms with Gasteiger partial charge in [0.15, 0.2) is 0 Å². The zero-order chi connectivity index (χ0) is 15.6. The SMILES string of the molecule is Oc1cc(-c2cccc3ccccc23)ccc1Cc1ccco1. The summed E-state index contributed by atoms with van der Waals surface area (Å²) in [6.45, 7) is 0. The quantitative estimate of drug-likeness (QED) is 0.550. The molecule has 0 bridgehead atoms. The number of phenolic OH excluding ortho intramolecular Hbond substituents is 1. The van der Waals surface area contributed by atoms with Crippen molar-refractivity contribution in [3.05, 3.63) is 90.4 Å². The fourth-order valence-corrected chi connectivity index (χ4v) is 2.96. The molecule has 0 amide bonds. The molecule has 4 rings (SSSR count). The van der Waals surface area contributed by atoms with Crippen LogP contribution in [-0.2, 0) is 6.42 Å². The van der Waals surface area contributed by atoms with Crippen LogP contribution in [0.4, 0.5) is 0 Å². The molecule has 23 heavy (non-hydrogen) atoms. The van der Waals surface area contributed by atoms with Gasteiger partial charge in [-0.05, 0) is 40.1 Å². The summed E-state index contributed by atoms with van der Waals surface area (Å²) in [7, 11) is 0. The lowest BCUT2D eigenvalue weighted by Gasteiger charge is -2.09. The largest absolute Gasteiger partial charge is 0.508 e. The number of hydrogen-bond donors (Lipinski definition) is 1. The zero-order valence-corrected chi connectivity index (χ0v) is 12.6. The van der Waals surface area contributed by atoms with Crippen LogP contribution in [0.1, 0.15) is 11.3 Å². The minimum absolute atomic E-state index is 0.298. The molecule has 2 heteroatoms. The molecule has 0 aliphatic rings. The molecule has 0 unspecified atom stereocenters. The second-order valence-electron chi connectivity index (χ2n) is 5.63. The second kappa shape index (κ2) is 5.65. The molecule has 2 nitrogen and oxygen atoms in total. The molecule has 3 aromatic carbocycles.